The molecule has 0 bridgehead atoms. The molecule has 1 N–H and O–H groups in total. The van der Waals surface area contributed by atoms with E-state index in [9.17, 15) is 13.2 Å². The molecule has 1 nitrogen and oxygen atoms in total. The van der Waals surface area contributed by atoms with Crippen LogP contribution in [0, 0.1) is 5.92 Å². The highest BCUT2D eigenvalue weighted by Crippen LogP contribution is 2.38. The van der Waals surface area contributed by atoms with E-state index in [1.165, 1.54) is 31.4 Å². The molecule has 0 aromatic heterocycles. The minimum absolute atomic E-state index is 0.0259. The van der Waals surface area contributed by atoms with Gasteiger partial charge < -0.3 is 5.32 Å². The van der Waals surface area contributed by atoms with E-state index >= 15 is 0 Å². The lowest BCUT2D eigenvalue weighted by Crippen LogP contribution is -2.24. The molecule has 0 saturated heterocycles. The number of rotatable bonds is 4. The van der Waals surface area contributed by atoms with Crippen molar-refractivity contribution in [1.29, 1.82) is 0 Å². The number of benzene rings is 1. The van der Waals surface area contributed by atoms with Gasteiger partial charge in [0.25, 0.3) is 0 Å². The van der Waals surface area contributed by atoms with Gasteiger partial charge in [0.05, 0.1) is 5.56 Å². The zero-order valence-electron chi connectivity index (χ0n) is 10.7. The number of hydrogen-bond donors (Lipinski definition) is 1. The third-order valence-corrected chi connectivity index (χ3v) is 4.56. The summed E-state index contributed by atoms with van der Waals surface area (Å²) in [6.45, 7) is 0. The van der Waals surface area contributed by atoms with Gasteiger partial charge in [0.15, 0.2) is 0 Å². The van der Waals surface area contributed by atoms with Crippen molar-refractivity contribution in [2.75, 3.05) is 7.05 Å². The summed E-state index contributed by atoms with van der Waals surface area (Å²) in [5, 5.41) is 3.14. The van der Waals surface area contributed by atoms with Crippen LogP contribution in [-0.4, -0.2) is 7.05 Å². The summed E-state index contributed by atoms with van der Waals surface area (Å²) < 4.78 is 39.0. The molecule has 1 fully saturated rings. The van der Waals surface area contributed by atoms with Crippen molar-refractivity contribution in [3.63, 3.8) is 0 Å². The lowest BCUT2D eigenvalue weighted by molar-refractivity contribution is -0.137. The van der Waals surface area contributed by atoms with Gasteiger partial charge in [0, 0.05) is 10.5 Å². The van der Waals surface area contributed by atoms with Crippen molar-refractivity contribution >= 4 is 15.9 Å². The first kappa shape index (κ1) is 14.9. The van der Waals surface area contributed by atoms with Crippen LogP contribution in [0.25, 0.3) is 0 Å². The minimum Gasteiger partial charge on any atom is -0.313 e. The van der Waals surface area contributed by atoms with E-state index in [0.717, 1.165) is 17.0 Å². The quantitative estimate of drug-likeness (QED) is 0.823. The molecule has 19 heavy (non-hydrogen) atoms. The first-order valence-electron chi connectivity index (χ1n) is 6.45. The van der Waals surface area contributed by atoms with Gasteiger partial charge in [0.1, 0.15) is 0 Å². The minimum atomic E-state index is -4.29. The standard InChI is InChI=1S/C14H17BrF3N/c1-19-13(7-9-3-2-4-9)11-8-10(14(16,17)18)5-6-12(11)15/h5-6,8-9,13,19H,2-4,7H2,1H3. The Kier molecular flexibility index (Phi) is 4.56. The molecule has 0 amide bonds. The fourth-order valence-corrected chi connectivity index (χ4v) is 2.97. The van der Waals surface area contributed by atoms with Crippen LogP contribution in [0.1, 0.15) is 42.9 Å². The molecule has 1 unspecified atom stereocenters. The number of nitrogens with one attached hydrogen (secondary N) is 1. The molecule has 0 aliphatic heterocycles. The monoisotopic (exact) mass is 335 g/mol. The number of alkyl halides is 3. The van der Waals surface area contributed by atoms with Crippen molar-refractivity contribution < 1.29 is 13.2 Å². The summed E-state index contributed by atoms with van der Waals surface area (Å²) in [5.41, 5.74) is 0.115. The van der Waals surface area contributed by atoms with Crippen LogP contribution in [-0.2, 0) is 6.18 Å². The Morgan fingerprint density at radius 2 is 2.05 bits per heavy atom. The molecule has 0 spiro atoms. The summed E-state index contributed by atoms with van der Waals surface area (Å²) in [7, 11) is 1.80. The van der Waals surface area contributed by atoms with E-state index in [4.69, 9.17) is 0 Å². The molecule has 1 saturated carbocycles. The van der Waals surface area contributed by atoms with Crippen molar-refractivity contribution in [2.24, 2.45) is 5.92 Å². The Labute approximate surface area is 119 Å². The zero-order chi connectivity index (χ0) is 14.0. The fraction of sp³-hybridized carbons (Fsp3) is 0.571. The van der Waals surface area contributed by atoms with Crippen LogP contribution in [0.4, 0.5) is 13.2 Å². The molecular formula is C14H17BrF3N. The molecular weight excluding hydrogens is 319 g/mol. The summed E-state index contributed by atoms with van der Waals surface area (Å²) >= 11 is 3.36. The van der Waals surface area contributed by atoms with Gasteiger partial charge in [-0.1, -0.05) is 35.2 Å². The van der Waals surface area contributed by atoms with Crippen LogP contribution >= 0.6 is 15.9 Å². The van der Waals surface area contributed by atoms with Gasteiger partial charge in [0.2, 0.25) is 0 Å². The second kappa shape index (κ2) is 5.83. The average molecular weight is 336 g/mol. The molecule has 1 aromatic carbocycles. The van der Waals surface area contributed by atoms with Crippen LogP contribution in [0.15, 0.2) is 22.7 Å². The average Bonchev–Trinajstić information content (AvgIpc) is 2.28. The Morgan fingerprint density at radius 3 is 2.53 bits per heavy atom. The Bertz CT molecular complexity index is 441. The molecule has 2 rings (SSSR count). The zero-order valence-corrected chi connectivity index (χ0v) is 12.3. The van der Waals surface area contributed by atoms with E-state index in [2.05, 4.69) is 21.2 Å². The lowest BCUT2D eigenvalue weighted by atomic mass is 9.79. The van der Waals surface area contributed by atoms with Crippen LogP contribution in [0.3, 0.4) is 0 Å². The molecule has 0 radical (unpaired) electrons. The summed E-state index contributed by atoms with van der Waals surface area (Å²) in [5.74, 6) is 0.638. The van der Waals surface area contributed by atoms with Gasteiger partial charge in [-0.15, -0.1) is 0 Å². The van der Waals surface area contributed by atoms with Crippen molar-refractivity contribution in [2.45, 2.75) is 37.9 Å². The van der Waals surface area contributed by atoms with Gasteiger partial charge in [-0.2, -0.15) is 13.2 Å². The van der Waals surface area contributed by atoms with E-state index in [1.807, 2.05) is 0 Å². The normalized spacial score (nSPS) is 18.2. The Morgan fingerprint density at radius 1 is 1.37 bits per heavy atom. The van der Waals surface area contributed by atoms with Gasteiger partial charge in [-0.3, -0.25) is 0 Å². The molecule has 1 atom stereocenters. The Hall–Kier alpha value is -0.550. The highest BCUT2D eigenvalue weighted by atomic mass is 79.9. The highest BCUT2D eigenvalue weighted by molar-refractivity contribution is 9.10. The molecule has 5 heteroatoms. The molecule has 1 aromatic rings. The van der Waals surface area contributed by atoms with Crippen LogP contribution in [0.2, 0.25) is 0 Å². The SMILES string of the molecule is CNC(CC1CCC1)c1cc(C(F)(F)F)ccc1Br. The van der Waals surface area contributed by atoms with E-state index in [1.54, 1.807) is 7.05 Å². The van der Waals surface area contributed by atoms with Gasteiger partial charge >= 0.3 is 6.18 Å². The maximum absolute atomic E-state index is 12.8. The first-order valence-corrected chi connectivity index (χ1v) is 7.25. The van der Waals surface area contributed by atoms with E-state index < -0.39 is 11.7 Å². The smallest absolute Gasteiger partial charge is 0.313 e. The summed E-state index contributed by atoms with van der Waals surface area (Å²) in [6.07, 6.45) is 0.231. The number of halogens is 4. The molecule has 0 heterocycles. The fourth-order valence-electron chi connectivity index (χ4n) is 2.45. The lowest BCUT2D eigenvalue weighted by Gasteiger charge is -2.30. The van der Waals surface area contributed by atoms with Crippen LogP contribution in [0.5, 0.6) is 0 Å². The first-order chi connectivity index (χ1) is 8.91. The predicted molar refractivity (Wildman–Crippen MR) is 72.9 cm³/mol. The number of hydrogen-bond acceptors (Lipinski definition) is 1. The maximum atomic E-state index is 12.8. The van der Waals surface area contributed by atoms with Gasteiger partial charge in [-0.25, -0.2) is 0 Å². The topological polar surface area (TPSA) is 12.0 Å². The predicted octanol–water partition coefficient (Wildman–Crippen LogP) is 4.92. The summed E-state index contributed by atoms with van der Waals surface area (Å²) in [6, 6.07) is 3.83. The van der Waals surface area contributed by atoms with E-state index in [0.29, 0.717) is 11.5 Å². The molecule has 106 valence electrons. The van der Waals surface area contributed by atoms with Crippen molar-refractivity contribution in [3.05, 3.63) is 33.8 Å². The van der Waals surface area contributed by atoms with Crippen molar-refractivity contribution in [1.82, 2.24) is 5.32 Å². The molecule has 1 aliphatic rings. The van der Waals surface area contributed by atoms with E-state index in [-0.39, 0.29) is 6.04 Å². The third-order valence-electron chi connectivity index (χ3n) is 3.84. The second-order valence-electron chi connectivity index (χ2n) is 5.11. The maximum Gasteiger partial charge on any atom is 0.416 e. The van der Waals surface area contributed by atoms with Crippen molar-refractivity contribution in [3.8, 4) is 0 Å². The van der Waals surface area contributed by atoms with Crippen LogP contribution < -0.4 is 5.32 Å². The second-order valence-corrected chi connectivity index (χ2v) is 5.96. The largest absolute Gasteiger partial charge is 0.416 e. The van der Waals surface area contributed by atoms with Gasteiger partial charge in [-0.05, 0) is 43.1 Å². The molecule has 1 aliphatic carbocycles. The Balaban J connectivity index is 2.24. The highest BCUT2D eigenvalue weighted by Gasteiger charge is 2.32. The summed E-state index contributed by atoms with van der Waals surface area (Å²) in [4.78, 5) is 0. The third kappa shape index (κ3) is 3.51.